The molecule has 0 radical (unpaired) electrons. The predicted molar refractivity (Wildman–Crippen MR) is 84.8 cm³/mol. The number of hydrogen-bond donors (Lipinski definition) is 2. The highest BCUT2D eigenvalue weighted by molar-refractivity contribution is 9.11. The maximum atomic E-state index is 12.7. The molecule has 1 aromatic carbocycles. The highest BCUT2D eigenvalue weighted by Gasteiger charge is 2.36. The summed E-state index contributed by atoms with van der Waals surface area (Å²) >= 11 is 6.53. The highest BCUT2D eigenvalue weighted by atomic mass is 79.9. The van der Waals surface area contributed by atoms with Gasteiger partial charge in [0.2, 0.25) is 10.0 Å². The summed E-state index contributed by atoms with van der Waals surface area (Å²) in [6.45, 7) is 2.41. The van der Waals surface area contributed by atoms with E-state index in [9.17, 15) is 13.5 Å². The molecule has 1 saturated heterocycles. The van der Waals surface area contributed by atoms with Crippen molar-refractivity contribution in [2.75, 3.05) is 18.8 Å². The number of nitrogen functional groups attached to an aromatic ring is 1. The van der Waals surface area contributed by atoms with E-state index in [4.69, 9.17) is 5.73 Å². The van der Waals surface area contributed by atoms with Crippen LogP contribution in [0.5, 0.6) is 0 Å². The van der Waals surface area contributed by atoms with E-state index in [1.54, 1.807) is 19.1 Å². The van der Waals surface area contributed by atoms with Crippen molar-refractivity contribution in [3.05, 3.63) is 21.1 Å². The van der Waals surface area contributed by atoms with Crippen LogP contribution in [0.25, 0.3) is 0 Å². The molecule has 112 valence electrons. The topological polar surface area (TPSA) is 83.6 Å². The molecule has 1 aromatic rings. The van der Waals surface area contributed by atoms with E-state index in [1.165, 1.54) is 4.31 Å². The van der Waals surface area contributed by atoms with Crippen LogP contribution in [0.2, 0.25) is 0 Å². The van der Waals surface area contributed by atoms with Gasteiger partial charge < -0.3 is 10.8 Å². The van der Waals surface area contributed by atoms with Crippen molar-refractivity contribution in [1.82, 2.24) is 4.31 Å². The van der Waals surface area contributed by atoms with Gasteiger partial charge in [0.05, 0.1) is 11.8 Å². The molecule has 2 atom stereocenters. The molecule has 0 saturated carbocycles. The average Bonchev–Trinajstić information content (AvgIpc) is 2.76. The normalized spacial score (nSPS) is 22.1. The molecule has 0 aliphatic carbocycles. The van der Waals surface area contributed by atoms with E-state index in [-0.39, 0.29) is 16.5 Å². The molecule has 0 bridgehead atoms. The second kappa shape index (κ2) is 5.92. The minimum absolute atomic E-state index is 0.0276. The lowest BCUT2D eigenvalue weighted by molar-refractivity contribution is 0.133. The second-order valence-corrected chi connectivity index (χ2v) is 8.60. The fourth-order valence-electron chi connectivity index (χ4n) is 2.35. The monoisotopic (exact) mass is 426 g/mol. The standard InChI is InChI=1S/C12H16Br2N2O3S/c1-7(17)8-2-3-16(6-8)20(18,19)12-10(14)4-9(13)5-11(12)15/h4-5,7-8,17H,2-3,6,15H2,1H3. The van der Waals surface area contributed by atoms with E-state index >= 15 is 0 Å². The number of sulfonamides is 1. The lowest BCUT2D eigenvalue weighted by atomic mass is 10.0. The number of aliphatic hydroxyl groups is 1. The Morgan fingerprint density at radius 1 is 1.45 bits per heavy atom. The Labute approximate surface area is 135 Å². The Bertz CT molecular complexity index is 596. The molecule has 0 amide bonds. The molecule has 0 aromatic heterocycles. The number of anilines is 1. The molecule has 20 heavy (non-hydrogen) atoms. The third-order valence-corrected chi connectivity index (χ3v) is 6.83. The first-order valence-electron chi connectivity index (χ1n) is 6.16. The van der Waals surface area contributed by atoms with Crippen LogP contribution in [0.1, 0.15) is 13.3 Å². The summed E-state index contributed by atoms with van der Waals surface area (Å²) in [6, 6.07) is 3.23. The number of nitrogens with two attached hydrogens (primary N) is 1. The quantitative estimate of drug-likeness (QED) is 0.724. The molecule has 0 spiro atoms. The first-order valence-corrected chi connectivity index (χ1v) is 9.19. The minimum Gasteiger partial charge on any atom is -0.398 e. The fraction of sp³-hybridized carbons (Fsp3) is 0.500. The van der Waals surface area contributed by atoms with E-state index in [0.717, 1.165) is 0 Å². The Kier molecular flexibility index (Phi) is 4.80. The van der Waals surface area contributed by atoms with Gasteiger partial charge in [-0.3, -0.25) is 0 Å². The van der Waals surface area contributed by atoms with Crippen LogP contribution in [0.15, 0.2) is 26.0 Å². The molecule has 8 heteroatoms. The molecule has 2 unspecified atom stereocenters. The molecular formula is C12H16Br2N2O3S. The van der Waals surface area contributed by atoms with Gasteiger partial charge in [-0.05, 0) is 47.3 Å². The largest absolute Gasteiger partial charge is 0.398 e. The number of benzene rings is 1. The van der Waals surface area contributed by atoms with Gasteiger partial charge in [0.25, 0.3) is 0 Å². The lowest BCUT2D eigenvalue weighted by Crippen LogP contribution is -2.31. The number of hydrogen-bond acceptors (Lipinski definition) is 4. The zero-order valence-electron chi connectivity index (χ0n) is 10.9. The van der Waals surface area contributed by atoms with E-state index in [0.29, 0.717) is 28.5 Å². The Morgan fingerprint density at radius 2 is 2.10 bits per heavy atom. The SMILES string of the molecule is CC(O)C1CCN(S(=O)(=O)c2c(N)cc(Br)cc2Br)C1. The average molecular weight is 428 g/mol. The van der Waals surface area contributed by atoms with Gasteiger partial charge in [-0.15, -0.1) is 0 Å². The van der Waals surface area contributed by atoms with Crippen molar-refractivity contribution in [2.24, 2.45) is 5.92 Å². The predicted octanol–water partition coefficient (Wildman–Crippen LogP) is 2.19. The first-order chi connectivity index (χ1) is 9.23. The van der Waals surface area contributed by atoms with Crippen LogP contribution in [-0.4, -0.2) is 37.0 Å². The van der Waals surface area contributed by atoms with E-state index in [2.05, 4.69) is 31.9 Å². The van der Waals surface area contributed by atoms with Gasteiger partial charge in [-0.2, -0.15) is 4.31 Å². The van der Waals surface area contributed by atoms with Crippen LogP contribution in [0.3, 0.4) is 0 Å². The number of nitrogens with zero attached hydrogens (tertiary/aromatic N) is 1. The lowest BCUT2D eigenvalue weighted by Gasteiger charge is -2.19. The van der Waals surface area contributed by atoms with Crippen LogP contribution >= 0.6 is 31.9 Å². The minimum atomic E-state index is -3.65. The molecule has 1 fully saturated rings. The molecule has 1 heterocycles. The zero-order chi connectivity index (χ0) is 15.1. The molecule has 3 N–H and O–H groups in total. The van der Waals surface area contributed by atoms with E-state index < -0.39 is 16.1 Å². The molecule has 5 nitrogen and oxygen atoms in total. The maximum Gasteiger partial charge on any atom is 0.246 e. The summed E-state index contributed by atoms with van der Waals surface area (Å²) < 4.78 is 27.9. The van der Waals surface area contributed by atoms with Crippen molar-refractivity contribution >= 4 is 47.6 Å². The summed E-state index contributed by atoms with van der Waals surface area (Å²) in [6.07, 6.45) is 0.145. The first kappa shape index (κ1) is 16.2. The van der Waals surface area contributed by atoms with Crippen LogP contribution < -0.4 is 5.73 Å². The molecule has 1 aliphatic heterocycles. The molecule has 1 aliphatic rings. The van der Waals surface area contributed by atoms with Crippen LogP contribution in [0, 0.1) is 5.92 Å². The third-order valence-electron chi connectivity index (χ3n) is 3.50. The van der Waals surface area contributed by atoms with Gasteiger partial charge in [-0.25, -0.2) is 8.42 Å². The van der Waals surface area contributed by atoms with Crippen LogP contribution in [-0.2, 0) is 10.0 Å². The third kappa shape index (κ3) is 3.04. The number of halogens is 2. The zero-order valence-corrected chi connectivity index (χ0v) is 14.9. The smallest absolute Gasteiger partial charge is 0.246 e. The molecular weight excluding hydrogens is 412 g/mol. The summed E-state index contributed by atoms with van der Waals surface area (Å²) in [5, 5.41) is 9.59. The van der Waals surface area contributed by atoms with Gasteiger partial charge in [0, 0.05) is 22.0 Å². The summed E-state index contributed by atoms with van der Waals surface area (Å²) in [5.41, 5.74) is 6.06. The Morgan fingerprint density at radius 3 is 2.60 bits per heavy atom. The maximum absolute atomic E-state index is 12.7. The molecule has 2 rings (SSSR count). The number of aliphatic hydroxyl groups excluding tert-OH is 1. The van der Waals surface area contributed by atoms with Gasteiger partial charge in [0.15, 0.2) is 0 Å². The summed E-state index contributed by atoms with van der Waals surface area (Å²) in [4.78, 5) is 0.0898. The Balaban J connectivity index is 2.38. The van der Waals surface area contributed by atoms with Gasteiger partial charge in [-0.1, -0.05) is 15.9 Å². The van der Waals surface area contributed by atoms with Crippen LogP contribution in [0.4, 0.5) is 5.69 Å². The van der Waals surface area contributed by atoms with Crippen molar-refractivity contribution in [2.45, 2.75) is 24.3 Å². The van der Waals surface area contributed by atoms with Crippen molar-refractivity contribution < 1.29 is 13.5 Å². The summed E-state index contributed by atoms with van der Waals surface area (Å²) in [5.74, 6) is -0.0276. The van der Waals surface area contributed by atoms with Crippen molar-refractivity contribution in [3.8, 4) is 0 Å². The second-order valence-electron chi connectivity index (χ2n) is 4.96. The highest BCUT2D eigenvalue weighted by Crippen LogP contribution is 2.35. The van der Waals surface area contributed by atoms with Gasteiger partial charge >= 0.3 is 0 Å². The fourth-order valence-corrected chi connectivity index (χ4v) is 5.87. The van der Waals surface area contributed by atoms with E-state index in [1.807, 2.05) is 0 Å². The van der Waals surface area contributed by atoms with Gasteiger partial charge in [0.1, 0.15) is 4.90 Å². The summed E-state index contributed by atoms with van der Waals surface area (Å²) in [7, 11) is -3.65. The van der Waals surface area contributed by atoms with Crippen molar-refractivity contribution in [3.63, 3.8) is 0 Å². The van der Waals surface area contributed by atoms with Crippen molar-refractivity contribution in [1.29, 1.82) is 0 Å². The number of rotatable bonds is 3. The Hall–Kier alpha value is -0.150.